The van der Waals surface area contributed by atoms with Gasteiger partial charge < -0.3 is 4.18 Å². The summed E-state index contributed by atoms with van der Waals surface area (Å²) in [6.07, 6.45) is 0.726. The molecule has 3 heteroatoms. The van der Waals surface area contributed by atoms with Crippen LogP contribution in [0.1, 0.15) is 24.8 Å². The Hall–Kier alpha value is -0.960. The van der Waals surface area contributed by atoms with Gasteiger partial charge in [0.25, 0.3) is 0 Å². The van der Waals surface area contributed by atoms with Crippen molar-refractivity contribution in [3.05, 3.63) is 35.9 Å². The first-order chi connectivity index (χ1) is 6.29. The van der Waals surface area contributed by atoms with Crippen LogP contribution in [0.4, 0.5) is 0 Å². The average molecular weight is 196 g/mol. The number of hydrogen-bond donors (Lipinski definition) is 1. The van der Waals surface area contributed by atoms with E-state index in [2.05, 4.69) is 17.1 Å². The minimum absolute atomic E-state index is 0.196. The minimum atomic E-state index is -0.294. The van der Waals surface area contributed by atoms with Crippen LogP contribution in [0.3, 0.4) is 0 Å². The molecule has 1 rings (SSSR count). The van der Waals surface area contributed by atoms with E-state index in [4.69, 9.17) is 0 Å². The van der Waals surface area contributed by atoms with Gasteiger partial charge in [-0.3, -0.25) is 4.79 Å². The van der Waals surface area contributed by atoms with Crippen LogP contribution in [0.15, 0.2) is 30.3 Å². The Labute approximate surface area is 83.5 Å². The lowest BCUT2D eigenvalue weighted by atomic mass is 9.97. The lowest BCUT2D eigenvalue weighted by Gasteiger charge is -2.10. The molecule has 0 aliphatic heterocycles. The fourth-order valence-corrected chi connectivity index (χ4v) is 1.41. The summed E-state index contributed by atoms with van der Waals surface area (Å²) in [6.45, 7) is 1.95. The number of carbonyl (C=O) groups is 1. The summed E-state index contributed by atoms with van der Waals surface area (Å²) >= 11 is 3.51. The molecule has 70 valence electrons. The van der Waals surface area contributed by atoms with Crippen molar-refractivity contribution in [1.29, 1.82) is 0 Å². The smallest absolute Gasteiger partial charge is 0.325 e. The summed E-state index contributed by atoms with van der Waals surface area (Å²) in [4.78, 5) is 11.2. The van der Waals surface area contributed by atoms with E-state index in [0.717, 1.165) is 12.0 Å². The highest BCUT2D eigenvalue weighted by atomic mass is 32.1. The molecular weight excluding hydrogens is 184 g/mol. The summed E-state index contributed by atoms with van der Waals surface area (Å²) in [6, 6.07) is 9.56. The summed E-state index contributed by atoms with van der Waals surface area (Å²) in [5.74, 6) is -0.490. The zero-order valence-corrected chi connectivity index (χ0v) is 8.33. The molecule has 0 saturated heterocycles. The van der Waals surface area contributed by atoms with Gasteiger partial charge in [-0.05, 0) is 12.0 Å². The van der Waals surface area contributed by atoms with Crippen LogP contribution in [0, 0.1) is 0 Å². The highest BCUT2D eigenvalue weighted by Crippen LogP contribution is 2.20. The molecule has 0 heterocycles. The molecule has 13 heavy (non-hydrogen) atoms. The standard InChI is InChI=1S/C10H12O2S/c1-2-9(10(11)12-13)8-6-4-3-5-7-8/h3-7,9,13H,2H2,1H3. The van der Waals surface area contributed by atoms with Gasteiger partial charge in [0, 0.05) is 12.9 Å². The van der Waals surface area contributed by atoms with Crippen LogP contribution in [-0.4, -0.2) is 5.97 Å². The van der Waals surface area contributed by atoms with Gasteiger partial charge in [-0.25, -0.2) is 0 Å². The van der Waals surface area contributed by atoms with Crippen LogP contribution < -0.4 is 0 Å². The molecule has 0 fully saturated rings. The maximum atomic E-state index is 11.2. The first-order valence-corrected chi connectivity index (χ1v) is 4.56. The zero-order chi connectivity index (χ0) is 9.68. The predicted octanol–water partition coefficient (Wildman–Crippen LogP) is 2.57. The molecule has 0 aromatic heterocycles. The molecule has 0 spiro atoms. The van der Waals surface area contributed by atoms with Crippen LogP contribution >= 0.6 is 12.9 Å². The van der Waals surface area contributed by atoms with Gasteiger partial charge in [-0.1, -0.05) is 37.3 Å². The molecule has 0 N–H and O–H groups in total. The second-order valence-electron chi connectivity index (χ2n) is 2.78. The second-order valence-corrected chi connectivity index (χ2v) is 2.96. The molecular formula is C10H12O2S. The lowest BCUT2D eigenvalue weighted by Crippen LogP contribution is -2.11. The molecule has 1 unspecified atom stereocenters. The number of rotatable bonds is 3. The largest absolute Gasteiger partial charge is 0.394 e. The van der Waals surface area contributed by atoms with Gasteiger partial charge in [0.05, 0.1) is 5.92 Å². The van der Waals surface area contributed by atoms with Crippen molar-refractivity contribution < 1.29 is 8.98 Å². The van der Waals surface area contributed by atoms with Crippen LogP contribution in [-0.2, 0) is 8.98 Å². The van der Waals surface area contributed by atoms with Crippen LogP contribution in [0.2, 0.25) is 0 Å². The van der Waals surface area contributed by atoms with E-state index in [1.807, 2.05) is 37.3 Å². The third kappa shape index (κ3) is 2.49. The minimum Gasteiger partial charge on any atom is -0.394 e. The van der Waals surface area contributed by atoms with E-state index < -0.39 is 0 Å². The first-order valence-electron chi connectivity index (χ1n) is 4.19. The van der Waals surface area contributed by atoms with Gasteiger partial charge in [0.1, 0.15) is 0 Å². The fraction of sp³-hybridized carbons (Fsp3) is 0.300. The van der Waals surface area contributed by atoms with E-state index in [-0.39, 0.29) is 11.9 Å². The SMILES string of the molecule is CCC(C(=O)OS)c1ccccc1. The van der Waals surface area contributed by atoms with E-state index in [9.17, 15) is 4.79 Å². The van der Waals surface area contributed by atoms with Crippen molar-refractivity contribution in [2.75, 3.05) is 0 Å². The Balaban J connectivity index is 2.85. The molecule has 1 atom stereocenters. The molecule has 0 saturated carbocycles. The van der Waals surface area contributed by atoms with Crippen molar-refractivity contribution in [3.63, 3.8) is 0 Å². The molecule has 1 aromatic rings. The third-order valence-corrected chi connectivity index (χ3v) is 2.16. The number of carbonyl (C=O) groups excluding carboxylic acids is 1. The molecule has 2 nitrogen and oxygen atoms in total. The normalized spacial score (nSPS) is 12.2. The Morgan fingerprint density at radius 2 is 2.08 bits per heavy atom. The van der Waals surface area contributed by atoms with Crippen molar-refractivity contribution in [1.82, 2.24) is 0 Å². The van der Waals surface area contributed by atoms with Gasteiger partial charge in [0.15, 0.2) is 0 Å². The van der Waals surface area contributed by atoms with Crippen LogP contribution in [0.25, 0.3) is 0 Å². The maximum absolute atomic E-state index is 11.2. The van der Waals surface area contributed by atoms with Crippen molar-refractivity contribution >= 4 is 18.9 Å². The fourth-order valence-electron chi connectivity index (χ4n) is 1.29. The second kappa shape index (κ2) is 4.92. The highest BCUT2D eigenvalue weighted by Gasteiger charge is 2.18. The Morgan fingerprint density at radius 3 is 2.54 bits per heavy atom. The quantitative estimate of drug-likeness (QED) is 0.594. The molecule has 0 aliphatic rings. The molecule has 0 amide bonds. The Bertz CT molecular complexity index is 272. The zero-order valence-electron chi connectivity index (χ0n) is 7.43. The van der Waals surface area contributed by atoms with Crippen molar-refractivity contribution in [2.24, 2.45) is 0 Å². The average Bonchev–Trinajstić information content (AvgIpc) is 2.20. The number of hydrogen-bond acceptors (Lipinski definition) is 3. The molecule has 0 aliphatic carbocycles. The predicted molar refractivity (Wildman–Crippen MR) is 54.6 cm³/mol. The molecule has 0 bridgehead atoms. The maximum Gasteiger partial charge on any atom is 0.325 e. The van der Waals surface area contributed by atoms with Gasteiger partial charge in [-0.15, -0.1) is 0 Å². The van der Waals surface area contributed by atoms with Crippen LogP contribution in [0.5, 0.6) is 0 Å². The summed E-state index contributed by atoms with van der Waals surface area (Å²) in [5, 5.41) is 0. The summed E-state index contributed by atoms with van der Waals surface area (Å²) in [5.41, 5.74) is 0.976. The summed E-state index contributed by atoms with van der Waals surface area (Å²) in [7, 11) is 0. The number of benzene rings is 1. The number of thiol groups is 1. The summed E-state index contributed by atoms with van der Waals surface area (Å²) < 4.78 is 4.41. The monoisotopic (exact) mass is 196 g/mol. The Morgan fingerprint density at radius 1 is 1.46 bits per heavy atom. The van der Waals surface area contributed by atoms with Crippen molar-refractivity contribution in [3.8, 4) is 0 Å². The lowest BCUT2D eigenvalue weighted by molar-refractivity contribution is -0.134. The van der Waals surface area contributed by atoms with E-state index in [1.54, 1.807) is 0 Å². The first kappa shape index (κ1) is 10.1. The Kier molecular flexibility index (Phi) is 3.83. The molecule has 0 radical (unpaired) electrons. The van der Waals surface area contributed by atoms with Gasteiger partial charge >= 0.3 is 5.97 Å². The van der Waals surface area contributed by atoms with Gasteiger partial charge in [0.2, 0.25) is 0 Å². The van der Waals surface area contributed by atoms with E-state index >= 15 is 0 Å². The topological polar surface area (TPSA) is 26.3 Å². The van der Waals surface area contributed by atoms with Gasteiger partial charge in [-0.2, -0.15) is 0 Å². The van der Waals surface area contributed by atoms with E-state index in [1.165, 1.54) is 0 Å². The van der Waals surface area contributed by atoms with Crippen molar-refractivity contribution in [2.45, 2.75) is 19.3 Å². The third-order valence-electron chi connectivity index (χ3n) is 1.98. The van der Waals surface area contributed by atoms with E-state index in [0.29, 0.717) is 0 Å². The molecule has 1 aromatic carbocycles. The highest BCUT2D eigenvalue weighted by molar-refractivity contribution is 7.75.